The summed E-state index contributed by atoms with van der Waals surface area (Å²) in [6.07, 6.45) is 3.28. The number of hydrogen-bond donors (Lipinski definition) is 0. The molecule has 1 aliphatic heterocycles. The van der Waals surface area contributed by atoms with Gasteiger partial charge in [0.25, 0.3) is 0 Å². The topological polar surface area (TPSA) is 29.5 Å². The van der Waals surface area contributed by atoms with E-state index in [1.54, 1.807) is 0 Å². The standard InChI is InChI=1S/C8H13NO2S/c1-11-8(10)2-3-9-4-6-12-7-5-9/h2-3H,4-7H2,1H3/b3-2+. The van der Waals surface area contributed by atoms with Crippen LogP contribution in [0.1, 0.15) is 0 Å². The summed E-state index contributed by atoms with van der Waals surface area (Å²) < 4.78 is 4.48. The highest BCUT2D eigenvalue weighted by Gasteiger charge is 2.05. The highest BCUT2D eigenvalue weighted by atomic mass is 32.2. The van der Waals surface area contributed by atoms with E-state index in [2.05, 4.69) is 9.64 Å². The fraction of sp³-hybridized carbons (Fsp3) is 0.625. The third-order valence-electron chi connectivity index (χ3n) is 1.67. The van der Waals surface area contributed by atoms with E-state index in [-0.39, 0.29) is 5.97 Å². The van der Waals surface area contributed by atoms with Crippen LogP contribution in [0.4, 0.5) is 0 Å². The maximum Gasteiger partial charge on any atom is 0.331 e. The Bertz CT molecular complexity index is 176. The lowest BCUT2D eigenvalue weighted by molar-refractivity contribution is -0.134. The molecule has 0 spiro atoms. The Kier molecular flexibility index (Phi) is 4.00. The molecule has 1 fully saturated rings. The molecule has 0 aliphatic carbocycles. The first kappa shape index (κ1) is 9.45. The van der Waals surface area contributed by atoms with Crippen molar-refractivity contribution in [2.45, 2.75) is 0 Å². The summed E-state index contributed by atoms with van der Waals surface area (Å²) in [7, 11) is 1.39. The van der Waals surface area contributed by atoms with Gasteiger partial charge in [-0.2, -0.15) is 11.8 Å². The van der Waals surface area contributed by atoms with Gasteiger partial charge in [0, 0.05) is 36.9 Å². The summed E-state index contributed by atoms with van der Waals surface area (Å²) in [4.78, 5) is 12.8. The SMILES string of the molecule is COC(=O)/C=C/N1CCSCC1. The molecule has 0 amide bonds. The Morgan fingerprint density at radius 2 is 2.17 bits per heavy atom. The first-order chi connectivity index (χ1) is 5.83. The highest BCUT2D eigenvalue weighted by molar-refractivity contribution is 7.99. The molecular weight excluding hydrogens is 174 g/mol. The van der Waals surface area contributed by atoms with Crippen molar-refractivity contribution in [1.82, 2.24) is 4.90 Å². The first-order valence-corrected chi connectivity index (χ1v) is 5.06. The normalized spacial score (nSPS) is 18.2. The first-order valence-electron chi connectivity index (χ1n) is 3.91. The second-order valence-electron chi connectivity index (χ2n) is 2.49. The fourth-order valence-electron chi connectivity index (χ4n) is 0.961. The summed E-state index contributed by atoms with van der Waals surface area (Å²) in [5.74, 6) is 2.00. The van der Waals surface area contributed by atoms with Gasteiger partial charge in [0.05, 0.1) is 7.11 Å². The van der Waals surface area contributed by atoms with Gasteiger partial charge in [-0.1, -0.05) is 0 Å². The quantitative estimate of drug-likeness (QED) is 0.470. The molecule has 0 N–H and O–H groups in total. The summed E-state index contributed by atoms with van der Waals surface area (Å²) in [6, 6.07) is 0. The smallest absolute Gasteiger partial charge is 0.331 e. The molecule has 1 saturated heterocycles. The summed E-state index contributed by atoms with van der Waals surface area (Å²) in [5, 5.41) is 0. The van der Waals surface area contributed by atoms with Crippen molar-refractivity contribution in [3.05, 3.63) is 12.3 Å². The summed E-state index contributed by atoms with van der Waals surface area (Å²) >= 11 is 1.95. The second-order valence-corrected chi connectivity index (χ2v) is 3.71. The number of methoxy groups -OCH3 is 1. The fourth-order valence-corrected chi connectivity index (χ4v) is 1.89. The lowest BCUT2D eigenvalue weighted by Gasteiger charge is -2.24. The number of nitrogens with zero attached hydrogens (tertiary/aromatic N) is 1. The third kappa shape index (κ3) is 3.17. The predicted octanol–water partition coefficient (Wildman–Crippen LogP) is 0.722. The lowest BCUT2D eigenvalue weighted by Crippen LogP contribution is -2.27. The van der Waals surface area contributed by atoms with Gasteiger partial charge >= 0.3 is 5.97 Å². The van der Waals surface area contributed by atoms with Crippen molar-refractivity contribution in [1.29, 1.82) is 0 Å². The van der Waals surface area contributed by atoms with Crippen molar-refractivity contribution in [2.75, 3.05) is 31.7 Å². The van der Waals surface area contributed by atoms with Crippen LogP contribution in [0.2, 0.25) is 0 Å². The molecule has 3 nitrogen and oxygen atoms in total. The van der Waals surface area contributed by atoms with Crippen LogP contribution in [0.25, 0.3) is 0 Å². The molecule has 0 aromatic heterocycles. The molecule has 0 saturated carbocycles. The molecule has 4 heteroatoms. The van der Waals surface area contributed by atoms with E-state index in [0.717, 1.165) is 24.6 Å². The van der Waals surface area contributed by atoms with E-state index in [4.69, 9.17) is 0 Å². The highest BCUT2D eigenvalue weighted by Crippen LogP contribution is 2.08. The van der Waals surface area contributed by atoms with Crippen molar-refractivity contribution < 1.29 is 9.53 Å². The Hall–Kier alpha value is -0.640. The zero-order chi connectivity index (χ0) is 8.81. The van der Waals surface area contributed by atoms with Gasteiger partial charge in [0.1, 0.15) is 0 Å². The van der Waals surface area contributed by atoms with Crippen molar-refractivity contribution in [3.8, 4) is 0 Å². The summed E-state index contributed by atoms with van der Waals surface area (Å²) in [6.45, 7) is 2.05. The zero-order valence-electron chi connectivity index (χ0n) is 7.16. The Morgan fingerprint density at radius 1 is 1.50 bits per heavy atom. The van der Waals surface area contributed by atoms with Crippen LogP contribution >= 0.6 is 11.8 Å². The largest absolute Gasteiger partial charge is 0.466 e. The van der Waals surface area contributed by atoms with E-state index in [1.165, 1.54) is 13.2 Å². The molecule has 1 heterocycles. The van der Waals surface area contributed by atoms with Gasteiger partial charge in [-0.25, -0.2) is 4.79 Å². The van der Waals surface area contributed by atoms with Crippen molar-refractivity contribution in [3.63, 3.8) is 0 Å². The summed E-state index contributed by atoms with van der Waals surface area (Å²) in [5.41, 5.74) is 0. The van der Waals surface area contributed by atoms with Crippen LogP contribution in [0.15, 0.2) is 12.3 Å². The maximum atomic E-state index is 10.7. The second kappa shape index (κ2) is 5.09. The van der Waals surface area contributed by atoms with E-state index in [0.29, 0.717) is 0 Å². The van der Waals surface area contributed by atoms with Gasteiger partial charge in [-0.05, 0) is 0 Å². The molecule has 0 unspecified atom stereocenters. The van der Waals surface area contributed by atoms with Crippen LogP contribution < -0.4 is 0 Å². The molecule has 0 bridgehead atoms. The van der Waals surface area contributed by atoms with Crippen LogP contribution in [-0.2, 0) is 9.53 Å². The van der Waals surface area contributed by atoms with E-state index >= 15 is 0 Å². The average molecular weight is 187 g/mol. The number of rotatable bonds is 2. The maximum absolute atomic E-state index is 10.7. The van der Waals surface area contributed by atoms with Crippen molar-refractivity contribution >= 4 is 17.7 Å². The van der Waals surface area contributed by atoms with Crippen molar-refractivity contribution in [2.24, 2.45) is 0 Å². The minimum atomic E-state index is -0.284. The molecular formula is C8H13NO2S. The molecule has 68 valence electrons. The Morgan fingerprint density at radius 3 is 2.75 bits per heavy atom. The molecule has 1 rings (SSSR count). The van der Waals surface area contributed by atoms with Crippen LogP contribution in [-0.4, -0.2) is 42.6 Å². The predicted molar refractivity (Wildman–Crippen MR) is 50.1 cm³/mol. The Balaban J connectivity index is 2.28. The molecule has 1 aliphatic rings. The van der Waals surface area contributed by atoms with Gasteiger partial charge in [0.15, 0.2) is 0 Å². The minimum Gasteiger partial charge on any atom is -0.466 e. The monoisotopic (exact) mass is 187 g/mol. The number of carbonyl (C=O) groups is 1. The number of esters is 1. The van der Waals surface area contributed by atoms with Crippen LogP contribution in [0.3, 0.4) is 0 Å². The number of ether oxygens (including phenoxy) is 1. The zero-order valence-corrected chi connectivity index (χ0v) is 7.97. The van der Waals surface area contributed by atoms with Gasteiger partial charge in [0.2, 0.25) is 0 Å². The molecule has 0 aromatic rings. The Labute approximate surface area is 76.8 Å². The number of thioether (sulfide) groups is 1. The van der Waals surface area contributed by atoms with Crippen LogP contribution in [0.5, 0.6) is 0 Å². The minimum absolute atomic E-state index is 0.284. The van der Waals surface area contributed by atoms with E-state index in [9.17, 15) is 4.79 Å². The molecule has 0 aromatic carbocycles. The van der Waals surface area contributed by atoms with Crippen LogP contribution in [0, 0.1) is 0 Å². The van der Waals surface area contributed by atoms with E-state index < -0.39 is 0 Å². The molecule has 12 heavy (non-hydrogen) atoms. The average Bonchev–Trinajstić information content (AvgIpc) is 2.16. The van der Waals surface area contributed by atoms with E-state index in [1.807, 2.05) is 18.0 Å². The number of hydrogen-bond acceptors (Lipinski definition) is 4. The van der Waals surface area contributed by atoms with Gasteiger partial charge in [-0.15, -0.1) is 0 Å². The van der Waals surface area contributed by atoms with Gasteiger partial charge < -0.3 is 9.64 Å². The van der Waals surface area contributed by atoms with Gasteiger partial charge in [-0.3, -0.25) is 0 Å². The molecule has 0 atom stereocenters. The number of carbonyl (C=O) groups excluding carboxylic acids is 1. The third-order valence-corrected chi connectivity index (χ3v) is 2.61. The molecule has 0 radical (unpaired) electrons. The lowest BCUT2D eigenvalue weighted by atomic mass is 10.5.